The smallest absolute Gasteiger partial charge is 0.0626 e. The van der Waals surface area contributed by atoms with Crippen LogP contribution >= 0.6 is 0 Å². The third-order valence-electron chi connectivity index (χ3n) is 3.05. The molecule has 0 amide bonds. The van der Waals surface area contributed by atoms with Gasteiger partial charge in [0.15, 0.2) is 0 Å². The second-order valence-corrected chi connectivity index (χ2v) is 5.24. The molecule has 0 unspecified atom stereocenters. The Bertz CT molecular complexity index is 168. The van der Waals surface area contributed by atoms with E-state index in [0.29, 0.717) is 0 Å². The number of likely N-dealkylation sites (tertiary alicyclic amines) is 1. The van der Waals surface area contributed by atoms with Gasteiger partial charge in [0.05, 0.1) is 12.2 Å². The lowest BCUT2D eigenvalue weighted by Gasteiger charge is -2.26. The topological polar surface area (TPSA) is 12.5 Å². The van der Waals surface area contributed by atoms with Crippen LogP contribution in [0.2, 0.25) is 0 Å². The van der Waals surface area contributed by atoms with Crippen LogP contribution in [0, 0.1) is 5.92 Å². The van der Waals surface area contributed by atoms with E-state index in [4.69, 9.17) is 4.74 Å². The van der Waals surface area contributed by atoms with Gasteiger partial charge in [-0.2, -0.15) is 0 Å². The molecule has 0 N–H and O–H groups in total. The lowest BCUT2D eigenvalue weighted by molar-refractivity contribution is -0.0393. The number of hydrogen-bond acceptors (Lipinski definition) is 2. The van der Waals surface area contributed by atoms with Gasteiger partial charge in [0, 0.05) is 6.54 Å². The maximum Gasteiger partial charge on any atom is 0.0626 e. The molecule has 1 fully saturated rings. The zero-order chi connectivity index (χ0) is 10.6. The van der Waals surface area contributed by atoms with Gasteiger partial charge >= 0.3 is 0 Å². The average Bonchev–Trinajstić information content (AvgIpc) is 2.48. The van der Waals surface area contributed by atoms with Gasteiger partial charge in [-0.15, -0.1) is 0 Å². The van der Waals surface area contributed by atoms with Crippen LogP contribution in [-0.2, 0) is 4.74 Å². The molecule has 1 aliphatic rings. The Morgan fingerprint density at radius 2 is 2.14 bits per heavy atom. The molecule has 0 aliphatic carbocycles. The Morgan fingerprint density at radius 1 is 1.43 bits per heavy atom. The third-order valence-corrected chi connectivity index (χ3v) is 3.05. The van der Waals surface area contributed by atoms with Gasteiger partial charge in [-0.25, -0.2) is 0 Å². The van der Waals surface area contributed by atoms with Crippen molar-refractivity contribution >= 4 is 0 Å². The molecule has 0 aromatic heterocycles. The molecular formula is C12H25NO. The molecule has 0 saturated carbocycles. The first-order valence-corrected chi connectivity index (χ1v) is 5.86. The van der Waals surface area contributed by atoms with Crippen molar-refractivity contribution in [3.8, 4) is 0 Å². The molecule has 1 saturated heterocycles. The van der Waals surface area contributed by atoms with Gasteiger partial charge < -0.3 is 9.64 Å². The number of nitrogens with zero attached hydrogens (tertiary/aromatic N) is 1. The van der Waals surface area contributed by atoms with Crippen molar-refractivity contribution in [2.24, 2.45) is 5.92 Å². The predicted octanol–water partition coefficient (Wildman–Crippen LogP) is 2.53. The summed E-state index contributed by atoms with van der Waals surface area (Å²) in [7, 11) is 2.19. The first kappa shape index (κ1) is 12.0. The molecule has 14 heavy (non-hydrogen) atoms. The molecule has 0 bridgehead atoms. The van der Waals surface area contributed by atoms with E-state index in [1.54, 1.807) is 0 Å². The van der Waals surface area contributed by atoms with E-state index in [1.807, 2.05) is 0 Å². The molecular weight excluding hydrogens is 174 g/mol. The third kappa shape index (κ3) is 3.97. The second-order valence-electron chi connectivity index (χ2n) is 5.24. The highest BCUT2D eigenvalue weighted by atomic mass is 16.5. The van der Waals surface area contributed by atoms with Crippen molar-refractivity contribution in [3.63, 3.8) is 0 Å². The van der Waals surface area contributed by atoms with E-state index in [-0.39, 0.29) is 5.60 Å². The van der Waals surface area contributed by atoms with Crippen molar-refractivity contribution in [1.29, 1.82) is 0 Å². The lowest BCUT2D eigenvalue weighted by Crippen LogP contribution is -2.28. The summed E-state index contributed by atoms with van der Waals surface area (Å²) in [6.07, 6.45) is 3.67. The number of hydrogen-bond donors (Lipinski definition) is 0. The zero-order valence-electron chi connectivity index (χ0n) is 10.2. The van der Waals surface area contributed by atoms with Crippen LogP contribution in [0.25, 0.3) is 0 Å². The van der Waals surface area contributed by atoms with E-state index in [0.717, 1.165) is 18.9 Å². The normalized spacial score (nSPS) is 24.4. The van der Waals surface area contributed by atoms with Crippen LogP contribution < -0.4 is 0 Å². The Labute approximate surface area is 88.6 Å². The molecule has 1 rings (SSSR count). The molecule has 0 spiro atoms. The summed E-state index contributed by atoms with van der Waals surface area (Å²) in [4.78, 5) is 2.39. The molecule has 1 heterocycles. The fraction of sp³-hybridized carbons (Fsp3) is 1.00. The SMILES string of the molecule is CCCC(C)(C)OC[C@H]1CCN(C)C1. The summed E-state index contributed by atoms with van der Waals surface area (Å²) in [5.74, 6) is 0.760. The first-order chi connectivity index (χ1) is 6.53. The van der Waals surface area contributed by atoms with Crippen LogP contribution in [0.1, 0.15) is 40.0 Å². The fourth-order valence-electron chi connectivity index (χ4n) is 2.18. The van der Waals surface area contributed by atoms with Crippen LogP contribution in [0.3, 0.4) is 0 Å². The summed E-state index contributed by atoms with van der Waals surface area (Å²) >= 11 is 0. The van der Waals surface area contributed by atoms with Crippen molar-refractivity contribution in [2.45, 2.75) is 45.6 Å². The van der Waals surface area contributed by atoms with Crippen LogP contribution in [0.4, 0.5) is 0 Å². The Morgan fingerprint density at radius 3 is 2.64 bits per heavy atom. The monoisotopic (exact) mass is 199 g/mol. The average molecular weight is 199 g/mol. The maximum atomic E-state index is 5.98. The number of rotatable bonds is 5. The van der Waals surface area contributed by atoms with Crippen molar-refractivity contribution in [3.05, 3.63) is 0 Å². The summed E-state index contributed by atoms with van der Waals surface area (Å²) in [5.41, 5.74) is 0.0793. The summed E-state index contributed by atoms with van der Waals surface area (Å²) < 4.78 is 5.98. The van der Waals surface area contributed by atoms with Gasteiger partial charge in [0.1, 0.15) is 0 Å². The van der Waals surface area contributed by atoms with Gasteiger partial charge in [0.2, 0.25) is 0 Å². The molecule has 2 heteroatoms. The van der Waals surface area contributed by atoms with Crippen LogP contribution in [0.5, 0.6) is 0 Å². The maximum absolute atomic E-state index is 5.98. The summed E-state index contributed by atoms with van der Waals surface area (Å²) in [5, 5.41) is 0. The largest absolute Gasteiger partial charge is 0.375 e. The van der Waals surface area contributed by atoms with Gasteiger partial charge in [0.25, 0.3) is 0 Å². The van der Waals surface area contributed by atoms with E-state index in [1.165, 1.54) is 25.9 Å². The van der Waals surface area contributed by atoms with E-state index >= 15 is 0 Å². The van der Waals surface area contributed by atoms with E-state index < -0.39 is 0 Å². The van der Waals surface area contributed by atoms with Crippen molar-refractivity contribution in [1.82, 2.24) is 4.90 Å². The number of ether oxygens (including phenoxy) is 1. The Balaban J connectivity index is 2.19. The minimum atomic E-state index is 0.0793. The van der Waals surface area contributed by atoms with Crippen molar-refractivity contribution < 1.29 is 4.74 Å². The van der Waals surface area contributed by atoms with Gasteiger partial charge in [-0.05, 0) is 46.2 Å². The highest BCUT2D eigenvalue weighted by Crippen LogP contribution is 2.21. The minimum absolute atomic E-state index is 0.0793. The van der Waals surface area contributed by atoms with Gasteiger partial charge in [-0.3, -0.25) is 0 Å². The summed E-state index contributed by atoms with van der Waals surface area (Å²) in [6.45, 7) is 10.0. The van der Waals surface area contributed by atoms with Crippen molar-refractivity contribution in [2.75, 3.05) is 26.7 Å². The van der Waals surface area contributed by atoms with Gasteiger partial charge in [-0.1, -0.05) is 13.3 Å². The zero-order valence-corrected chi connectivity index (χ0v) is 10.2. The first-order valence-electron chi connectivity index (χ1n) is 5.86. The Kier molecular flexibility index (Phi) is 4.39. The standard InChI is InChI=1S/C12H25NO/c1-5-7-12(2,3)14-10-11-6-8-13(4)9-11/h11H,5-10H2,1-4H3/t11-/m0/s1. The molecule has 1 atom stereocenters. The predicted molar refractivity (Wildman–Crippen MR) is 60.5 cm³/mol. The van der Waals surface area contributed by atoms with E-state index in [2.05, 4.69) is 32.7 Å². The Hall–Kier alpha value is -0.0800. The lowest BCUT2D eigenvalue weighted by atomic mass is 10.0. The molecule has 0 aromatic rings. The van der Waals surface area contributed by atoms with Crippen LogP contribution in [0.15, 0.2) is 0 Å². The van der Waals surface area contributed by atoms with E-state index in [9.17, 15) is 0 Å². The highest BCUT2D eigenvalue weighted by Gasteiger charge is 2.23. The highest BCUT2D eigenvalue weighted by molar-refractivity contribution is 4.75. The summed E-state index contributed by atoms with van der Waals surface area (Å²) in [6, 6.07) is 0. The minimum Gasteiger partial charge on any atom is -0.375 e. The van der Waals surface area contributed by atoms with Crippen LogP contribution in [-0.4, -0.2) is 37.2 Å². The molecule has 84 valence electrons. The second kappa shape index (κ2) is 5.13. The molecule has 0 aromatic carbocycles. The fourth-order valence-corrected chi connectivity index (χ4v) is 2.18. The molecule has 2 nitrogen and oxygen atoms in total. The molecule has 1 aliphatic heterocycles. The quantitative estimate of drug-likeness (QED) is 0.674. The molecule has 0 radical (unpaired) electrons.